The first kappa shape index (κ1) is 13.9. The Bertz CT molecular complexity index is 848. The van der Waals surface area contributed by atoms with E-state index < -0.39 is 0 Å². The number of nitrogens with one attached hydrogen (secondary N) is 1. The lowest BCUT2D eigenvalue weighted by Crippen LogP contribution is -2.17. The van der Waals surface area contributed by atoms with E-state index in [0.717, 1.165) is 31.1 Å². The second-order valence-electron chi connectivity index (χ2n) is 5.99. The van der Waals surface area contributed by atoms with Gasteiger partial charge in [-0.3, -0.25) is 0 Å². The van der Waals surface area contributed by atoms with E-state index in [0.29, 0.717) is 0 Å². The Morgan fingerprint density at radius 2 is 1.95 bits per heavy atom. The summed E-state index contributed by atoms with van der Waals surface area (Å²) in [5.74, 6) is 0. The summed E-state index contributed by atoms with van der Waals surface area (Å²) in [6.45, 7) is 5.26. The molecule has 2 heterocycles. The van der Waals surface area contributed by atoms with Gasteiger partial charge in [-0.25, -0.2) is 0 Å². The van der Waals surface area contributed by atoms with Gasteiger partial charge in [-0.15, -0.1) is 0 Å². The number of rotatable bonds is 1. The van der Waals surface area contributed by atoms with Gasteiger partial charge >= 0.3 is 0 Å². The molecule has 2 aromatic carbocycles. The van der Waals surface area contributed by atoms with E-state index in [9.17, 15) is 0 Å². The first-order valence-corrected chi connectivity index (χ1v) is 8.20. The third-order valence-corrected chi connectivity index (χ3v) is 4.79. The number of aryl methyl sites for hydroxylation is 1. The number of fused-ring (bicyclic) bond motifs is 3. The molecule has 22 heavy (non-hydrogen) atoms. The molecule has 0 amide bonds. The lowest BCUT2D eigenvalue weighted by Gasteiger charge is -2.13. The van der Waals surface area contributed by atoms with Crippen LogP contribution in [0.1, 0.15) is 11.3 Å². The summed E-state index contributed by atoms with van der Waals surface area (Å²) in [7, 11) is 0. The quantitative estimate of drug-likeness (QED) is 0.704. The van der Waals surface area contributed by atoms with Gasteiger partial charge in [-0.05, 0) is 36.2 Å². The van der Waals surface area contributed by atoms with E-state index in [2.05, 4.69) is 47.1 Å². The van der Waals surface area contributed by atoms with Crippen LogP contribution in [0.2, 0.25) is 5.02 Å². The van der Waals surface area contributed by atoms with Crippen LogP contribution in [0.5, 0.6) is 0 Å². The van der Waals surface area contributed by atoms with Gasteiger partial charge in [0.05, 0.1) is 5.52 Å². The predicted octanol–water partition coefficient (Wildman–Crippen LogP) is 4.42. The van der Waals surface area contributed by atoms with Gasteiger partial charge in [0.2, 0.25) is 0 Å². The minimum Gasteiger partial charge on any atom is -0.343 e. The summed E-state index contributed by atoms with van der Waals surface area (Å²) in [5.41, 5.74) is 6.58. The molecule has 0 spiro atoms. The lowest BCUT2D eigenvalue weighted by atomic mass is 9.98. The fourth-order valence-corrected chi connectivity index (χ4v) is 3.75. The summed E-state index contributed by atoms with van der Waals surface area (Å²) in [5, 5.41) is 5.62. The van der Waals surface area contributed by atoms with E-state index >= 15 is 0 Å². The molecule has 4 rings (SSSR count). The Kier molecular flexibility index (Phi) is 3.44. The van der Waals surface area contributed by atoms with E-state index in [1.807, 2.05) is 12.1 Å². The first-order valence-electron chi connectivity index (χ1n) is 7.82. The Balaban J connectivity index is 1.99. The van der Waals surface area contributed by atoms with Gasteiger partial charge in [0, 0.05) is 47.7 Å². The Labute approximate surface area is 135 Å². The monoisotopic (exact) mass is 310 g/mol. The predicted molar refractivity (Wildman–Crippen MR) is 93.7 cm³/mol. The van der Waals surface area contributed by atoms with Crippen LogP contribution in [0, 0.1) is 6.92 Å². The maximum Gasteiger partial charge on any atom is 0.0562 e. The number of nitrogens with zero attached hydrogens (tertiary/aromatic N) is 1. The largest absolute Gasteiger partial charge is 0.343 e. The molecule has 3 aromatic rings. The highest BCUT2D eigenvalue weighted by molar-refractivity contribution is 6.30. The number of para-hydroxylation sites is 1. The normalized spacial score (nSPS) is 14.8. The molecule has 0 saturated carbocycles. The molecule has 2 nitrogen and oxygen atoms in total. The van der Waals surface area contributed by atoms with E-state index in [1.165, 1.54) is 33.3 Å². The topological polar surface area (TPSA) is 17.0 Å². The molecular weight excluding hydrogens is 292 g/mol. The van der Waals surface area contributed by atoms with Crippen LogP contribution in [0.15, 0.2) is 42.5 Å². The summed E-state index contributed by atoms with van der Waals surface area (Å²) < 4.78 is 2.48. The molecule has 0 bridgehead atoms. The van der Waals surface area contributed by atoms with Crippen LogP contribution in [0.4, 0.5) is 0 Å². The molecule has 1 aromatic heterocycles. The molecule has 1 aliphatic rings. The first-order chi connectivity index (χ1) is 10.7. The summed E-state index contributed by atoms with van der Waals surface area (Å²) in [4.78, 5) is 0. The molecule has 1 N–H and O–H groups in total. The molecule has 0 atom stereocenters. The van der Waals surface area contributed by atoms with Crippen LogP contribution >= 0.6 is 11.6 Å². The molecule has 0 fully saturated rings. The van der Waals surface area contributed by atoms with Gasteiger partial charge in [0.15, 0.2) is 0 Å². The average Bonchev–Trinajstić information content (AvgIpc) is 2.70. The highest BCUT2D eigenvalue weighted by Crippen LogP contribution is 2.34. The van der Waals surface area contributed by atoms with E-state index in [-0.39, 0.29) is 0 Å². The third kappa shape index (κ3) is 2.23. The standard InChI is InChI=1S/C19H19ClN2/c1-13-11-15(20)5-6-17(13)18-4-2-3-14-12-16-7-8-21-9-10-22(16)19(14)18/h2-6,11-12,21H,7-10H2,1H3. The van der Waals surface area contributed by atoms with Crippen molar-refractivity contribution in [2.45, 2.75) is 19.9 Å². The van der Waals surface area contributed by atoms with Crippen molar-refractivity contribution in [2.24, 2.45) is 0 Å². The SMILES string of the molecule is Cc1cc(Cl)ccc1-c1cccc2cc3n(c12)CCNCC3. The number of hydrogen-bond donors (Lipinski definition) is 1. The van der Waals surface area contributed by atoms with Crippen molar-refractivity contribution < 1.29 is 0 Å². The van der Waals surface area contributed by atoms with Crippen LogP contribution in [0.3, 0.4) is 0 Å². The minimum absolute atomic E-state index is 0.798. The molecule has 112 valence electrons. The summed E-state index contributed by atoms with van der Waals surface area (Å²) in [6, 6.07) is 15.1. The number of halogens is 1. The van der Waals surface area contributed by atoms with Gasteiger partial charge in [0.1, 0.15) is 0 Å². The van der Waals surface area contributed by atoms with Gasteiger partial charge in [0.25, 0.3) is 0 Å². The third-order valence-electron chi connectivity index (χ3n) is 4.55. The summed E-state index contributed by atoms with van der Waals surface area (Å²) >= 11 is 6.12. The second kappa shape index (κ2) is 5.45. The van der Waals surface area contributed by atoms with Crippen LogP contribution < -0.4 is 5.32 Å². The van der Waals surface area contributed by atoms with Crippen molar-refractivity contribution >= 4 is 22.5 Å². The molecule has 0 radical (unpaired) electrons. The Morgan fingerprint density at radius 1 is 1.05 bits per heavy atom. The minimum atomic E-state index is 0.798. The van der Waals surface area contributed by atoms with Crippen molar-refractivity contribution in [2.75, 3.05) is 13.1 Å². The highest BCUT2D eigenvalue weighted by atomic mass is 35.5. The fraction of sp³-hybridized carbons (Fsp3) is 0.263. The van der Waals surface area contributed by atoms with Crippen molar-refractivity contribution in [3.8, 4) is 11.1 Å². The fourth-order valence-electron chi connectivity index (χ4n) is 3.52. The van der Waals surface area contributed by atoms with Crippen molar-refractivity contribution in [1.82, 2.24) is 9.88 Å². The zero-order valence-corrected chi connectivity index (χ0v) is 13.5. The highest BCUT2D eigenvalue weighted by Gasteiger charge is 2.16. The van der Waals surface area contributed by atoms with Gasteiger partial charge in [-0.2, -0.15) is 0 Å². The smallest absolute Gasteiger partial charge is 0.0562 e. The lowest BCUT2D eigenvalue weighted by molar-refractivity contribution is 0.658. The Morgan fingerprint density at radius 3 is 2.82 bits per heavy atom. The van der Waals surface area contributed by atoms with E-state index in [4.69, 9.17) is 11.6 Å². The van der Waals surface area contributed by atoms with Gasteiger partial charge < -0.3 is 9.88 Å². The number of aromatic nitrogens is 1. The van der Waals surface area contributed by atoms with Crippen LogP contribution in [-0.2, 0) is 13.0 Å². The molecule has 3 heteroatoms. The van der Waals surface area contributed by atoms with E-state index in [1.54, 1.807) is 0 Å². The second-order valence-corrected chi connectivity index (χ2v) is 6.43. The average molecular weight is 311 g/mol. The maximum atomic E-state index is 6.12. The van der Waals surface area contributed by atoms with Crippen molar-refractivity contribution in [1.29, 1.82) is 0 Å². The molecule has 0 aliphatic carbocycles. The summed E-state index contributed by atoms with van der Waals surface area (Å²) in [6.07, 6.45) is 1.09. The molecular formula is C19H19ClN2. The number of hydrogen-bond acceptors (Lipinski definition) is 1. The van der Waals surface area contributed by atoms with Crippen molar-refractivity contribution in [3.05, 3.63) is 58.7 Å². The Hall–Kier alpha value is -1.77. The zero-order valence-electron chi connectivity index (χ0n) is 12.7. The number of benzene rings is 2. The van der Waals surface area contributed by atoms with Gasteiger partial charge in [-0.1, -0.05) is 35.9 Å². The van der Waals surface area contributed by atoms with Crippen molar-refractivity contribution in [3.63, 3.8) is 0 Å². The van der Waals surface area contributed by atoms with Crippen LogP contribution in [-0.4, -0.2) is 17.7 Å². The zero-order chi connectivity index (χ0) is 15.1. The molecule has 1 aliphatic heterocycles. The molecule has 0 unspecified atom stereocenters. The van der Waals surface area contributed by atoms with Crippen LogP contribution in [0.25, 0.3) is 22.0 Å². The molecule has 0 saturated heterocycles. The maximum absolute atomic E-state index is 6.12.